The molecule has 0 aliphatic carbocycles. The molecule has 3 nitrogen and oxygen atoms in total. The summed E-state index contributed by atoms with van der Waals surface area (Å²) in [5.41, 5.74) is 0.207. The van der Waals surface area contributed by atoms with E-state index in [-0.39, 0.29) is 11.9 Å². The third-order valence-electron chi connectivity index (χ3n) is 3.09. The van der Waals surface area contributed by atoms with Crippen LogP contribution in [0.15, 0.2) is 30.3 Å². The molecule has 2 rings (SSSR count). The summed E-state index contributed by atoms with van der Waals surface area (Å²) in [6.45, 7) is 5.80. The van der Waals surface area contributed by atoms with Gasteiger partial charge in [-0.25, -0.2) is 0 Å². The molecule has 1 saturated heterocycles. The molecule has 1 N–H and O–H groups in total. The van der Waals surface area contributed by atoms with E-state index < -0.39 is 5.54 Å². The van der Waals surface area contributed by atoms with Crippen molar-refractivity contribution < 1.29 is 4.79 Å². The maximum atomic E-state index is 12.5. The number of benzene rings is 1. The summed E-state index contributed by atoms with van der Waals surface area (Å²) in [5, 5.41) is 3.65. The minimum absolute atomic E-state index is 0.0173. The van der Waals surface area contributed by atoms with E-state index in [1.165, 1.54) is 0 Å². The summed E-state index contributed by atoms with van der Waals surface area (Å²) in [7, 11) is 0. The van der Waals surface area contributed by atoms with Crippen molar-refractivity contribution in [2.45, 2.75) is 32.4 Å². The molecule has 1 amide bonds. The molecular weight excluding hydrogens is 232 g/mol. The number of thiocarbonyl (C=S) groups is 1. The van der Waals surface area contributed by atoms with E-state index in [2.05, 4.69) is 5.32 Å². The zero-order valence-corrected chi connectivity index (χ0v) is 11.0. The van der Waals surface area contributed by atoms with E-state index in [0.717, 1.165) is 5.56 Å². The molecule has 1 unspecified atom stereocenters. The number of hydrogen-bond acceptors (Lipinski definition) is 2. The molecule has 0 spiro atoms. The molecule has 1 aliphatic heterocycles. The number of nitrogens with one attached hydrogen (secondary N) is 1. The second-order valence-corrected chi connectivity index (χ2v) is 5.08. The van der Waals surface area contributed by atoms with Crippen molar-refractivity contribution in [2.75, 3.05) is 0 Å². The van der Waals surface area contributed by atoms with Crippen LogP contribution in [-0.2, 0) is 10.3 Å². The number of amides is 1. The van der Waals surface area contributed by atoms with Gasteiger partial charge in [0.1, 0.15) is 5.54 Å². The van der Waals surface area contributed by atoms with Gasteiger partial charge in [-0.05, 0) is 38.6 Å². The average Bonchev–Trinajstić information content (AvgIpc) is 2.52. The number of rotatable bonds is 2. The Bertz CT molecular complexity index is 458. The van der Waals surface area contributed by atoms with Gasteiger partial charge in [-0.1, -0.05) is 30.3 Å². The van der Waals surface area contributed by atoms with Crippen molar-refractivity contribution in [1.29, 1.82) is 0 Å². The second-order valence-electron chi connectivity index (χ2n) is 4.69. The van der Waals surface area contributed by atoms with Gasteiger partial charge in [-0.2, -0.15) is 0 Å². The van der Waals surface area contributed by atoms with Gasteiger partial charge in [0.05, 0.1) is 0 Å². The van der Waals surface area contributed by atoms with Gasteiger partial charge < -0.3 is 5.32 Å². The SMILES string of the molecule is CC(C)N1C(=O)C(C)(c2ccccc2)NC1=S. The fourth-order valence-corrected chi connectivity index (χ4v) is 2.59. The van der Waals surface area contributed by atoms with Crippen LogP contribution in [0.1, 0.15) is 26.3 Å². The quantitative estimate of drug-likeness (QED) is 0.813. The summed E-state index contributed by atoms with van der Waals surface area (Å²) in [6, 6.07) is 9.75. The Kier molecular flexibility index (Phi) is 2.91. The fraction of sp³-hybridized carbons (Fsp3) is 0.385. The Morgan fingerprint density at radius 3 is 2.35 bits per heavy atom. The highest BCUT2D eigenvalue weighted by atomic mass is 32.1. The molecule has 90 valence electrons. The lowest BCUT2D eigenvalue weighted by Crippen LogP contribution is -2.41. The van der Waals surface area contributed by atoms with Gasteiger partial charge in [0.15, 0.2) is 5.11 Å². The Morgan fingerprint density at radius 2 is 1.88 bits per heavy atom. The zero-order chi connectivity index (χ0) is 12.6. The summed E-state index contributed by atoms with van der Waals surface area (Å²) < 4.78 is 0. The van der Waals surface area contributed by atoms with E-state index in [9.17, 15) is 4.79 Å². The number of carbonyl (C=O) groups is 1. The van der Waals surface area contributed by atoms with Crippen molar-refractivity contribution in [1.82, 2.24) is 10.2 Å². The van der Waals surface area contributed by atoms with Crippen LogP contribution in [-0.4, -0.2) is 22.0 Å². The van der Waals surface area contributed by atoms with Gasteiger partial charge in [-0.15, -0.1) is 0 Å². The van der Waals surface area contributed by atoms with Crippen molar-refractivity contribution in [3.63, 3.8) is 0 Å². The molecule has 1 atom stereocenters. The minimum atomic E-state index is -0.734. The summed E-state index contributed by atoms with van der Waals surface area (Å²) in [5.74, 6) is 0.0173. The minimum Gasteiger partial charge on any atom is -0.344 e. The van der Waals surface area contributed by atoms with Gasteiger partial charge >= 0.3 is 0 Å². The van der Waals surface area contributed by atoms with Crippen LogP contribution >= 0.6 is 12.2 Å². The lowest BCUT2D eigenvalue weighted by Gasteiger charge is -2.24. The molecule has 1 heterocycles. The third kappa shape index (κ3) is 1.82. The topological polar surface area (TPSA) is 32.3 Å². The highest BCUT2D eigenvalue weighted by Crippen LogP contribution is 2.29. The van der Waals surface area contributed by atoms with Crippen molar-refractivity contribution in [3.05, 3.63) is 35.9 Å². The largest absolute Gasteiger partial charge is 0.344 e. The van der Waals surface area contributed by atoms with Crippen molar-refractivity contribution in [2.24, 2.45) is 0 Å². The Hall–Kier alpha value is -1.42. The molecule has 1 aliphatic rings. The summed E-state index contributed by atoms with van der Waals surface area (Å²) in [6.07, 6.45) is 0. The van der Waals surface area contributed by atoms with Crippen molar-refractivity contribution >= 4 is 23.2 Å². The van der Waals surface area contributed by atoms with Crippen LogP contribution < -0.4 is 5.32 Å². The van der Waals surface area contributed by atoms with Crippen LogP contribution in [0.25, 0.3) is 0 Å². The maximum absolute atomic E-state index is 12.5. The Balaban J connectivity index is 2.42. The number of nitrogens with zero attached hydrogens (tertiary/aromatic N) is 1. The summed E-state index contributed by atoms with van der Waals surface area (Å²) >= 11 is 5.24. The Morgan fingerprint density at radius 1 is 1.29 bits per heavy atom. The normalized spacial score (nSPS) is 24.4. The molecule has 4 heteroatoms. The van der Waals surface area contributed by atoms with Gasteiger partial charge in [0, 0.05) is 6.04 Å². The predicted octanol–water partition coefficient (Wildman–Crippen LogP) is 2.03. The zero-order valence-electron chi connectivity index (χ0n) is 10.2. The predicted molar refractivity (Wildman–Crippen MR) is 71.5 cm³/mol. The first-order valence-electron chi connectivity index (χ1n) is 5.68. The van der Waals surface area contributed by atoms with E-state index in [0.29, 0.717) is 5.11 Å². The first-order valence-corrected chi connectivity index (χ1v) is 6.09. The van der Waals surface area contributed by atoms with Crippen LogP contribution in [0.2, 0.25) is 0 Å². The van der Waals surface area contributed by atoms with E-state index in [1.807, 2.05) is 51.1 Å². The molecule has 1 aromatic carbocycles. The van der Waals surface area contributed by atoms with Gasteiger partial charge in [-0.3, -0.25) is 9.69 Å². The first kappa shape index (κ1) is 12.0. The van der Waals surface area contributed by atoms with Crippen LogP contribution in [0.3, 0.4) is 0 Å². The van der Waals surface area contributed by atoms with Crippen LogP contribution in [0.5, 0.6) is 0 Å². The third-order valence-corrected chi connectivity index (χ3v) is 3.39. The highest BCUT2D eigenvalue weighted by molar-refractivity contribution is 7.80. The molecule has 0 radical (unpaired) electrons. The van der Waals surface area contributed by atoms with Crippen LogP contribution in [0.4, 0.5) is 0 Å². The van der Waals surface area contributed by atoms with E-state index in [1.54, 1.807) is 4.90 Å². The second kappa shape index (κ2) is 4.11. The first-order chi connectivity index (χ1) is 7.97. The monoisotopic (exact) mass is 248 g/mol. The number of hydrogen-bond donors (Lipinski definition) is 1. The number of carbonyl (C=O) groups excluding carboxylic acids is 1. The molecular formula is C13H16N2OS. The Labute approximate surface area is 107 Å². The lowest BCUT2D eigenvalue weighted by atomic mass is 9.92. The molecule has 1 fully saturated rings. The van der Waals surface area contributed by atoms with Crippen molar-refractivity contribution in [3.8, 4) is 0 Å². The van der Waals surface area contributed by atoms with Crippen LogP contribution in [0, 0.1) is 0 Å². The molecule has 0 saturated carbocycles. The highest BCUT2D eigenvalue weighted by Gasteiger charge is 2.47. The molecule has 1 aromatic rings. The standard InChI is InChI=1S/C13H16N2OS/c1-9(2)15-11(16)13(3,14-12(15)17)10-7-5-4-6-8-10/h4-9H,1-3H3,(H,14,17). The molecule has 0 bridgehead atoms. The maximum Gasteiger partial charge on any atom is 0.259 e. The van der Waals surface area contributed by atoms with Gasteiger partial charge in [0.25, 0.3) is 5.91 Å². The lowest BCUT2D eigenvalue weighted by molar-refractivity contribution is -0.131. The average molecular weight is 248 g/mol. The van der Waals surface area contributed by atoms with Gasteiger partial charge in [0.2, 0.25) is 0 Å². The molecule has 0 aromatic heterocycles. The van der Waals surface area contributed by atoms with E-state index in [4.69, 9.17) is 12.2 Å². The van der Waals surface area contributed by atoms with E-state index >= 15 is 0 Å². The smallest absolute Gasteiger partial charge is 0.259 e. The fourth-order valence-electron chi connectivity index (χ4n) is 2.10. The molecule has 17 heavy (non-hydrogen) atoms. The summed E-state index contributed by atoms with van der Waals surface area (Å²) in [4.78, 5) is 14.1.